The van der Waals surface area contributed by atoms with Gasteiger partial charge in [0.1, 0.15) is 0 Å². The minimum absolute atomic E-state index is 0.167. The Morgan fingerprint density at radius 2 is 2.25 bits per heavy atom. The van der Waals surface area contributed by atoms with Gasteiger partial charge in [-0.2, -0.15) is 0 Å². The van der Waals surface area contributed by atoms with E-state index in [-0.39, 0.29) is 6.04 Å². The second kappa shape index (κ2) is 3.43. The summed E-state index contributed by atoms with van der Waals surface area (Å²) in [5.74, 6) is 0. The van der Waals surface area contributed by atoms with E-state index in [1.54, 1.807) is 6.92 Å². The molecule has 8 heavy (non-hydrogen) atoms. The Balaban J connectivity index is 3.63. The zero-order valence-corrected chi connectivity index (χ0v) is 5.47. The van der Waals surface area contributed by atoms with Crippen LogP contribution in [0.2, 0.25) is 0 Å². The summed E-state index contributed by atoms with van der Waals surface area (Å²) in [6.07, 6.45) is 0. The third-order valence-electron chi connectivity index (χ3n) is 1.22. The summed E-state index contributed by atoms with van der Waals surface area (Å²) in [6, 6.07) is 0.167. The van der Waals surface area contributed by atoms with Gasteiger partial charge in [-0.3, -0.25) is 0 Å². The van der Waals surface area contributed by atoms with Gasteiger partial charge in [0.25, 0.3) is 0 Å². The molecule has 1 unspecified atom stereocenters. The zero-order valence-electron chi connectivity index (χ0n) is 5.47. The van der Waals surface area contributed by atoms with E-state index in [1.807, 2.05) is 14.0 Å². The Labute approximate surface area is 49.4 Å². The molecule has 0 saturated carbocycles. The van der Waals surface area contributed by atoms with Crippen molar-refractivity contribution in [2.45, 2.75) is 19.9 Å². The SMILES string of the molecule is CNC(C)/C(C)=N\O. The van der Waals surface area contributed by atoms with E-state index in [0.29, 0.717) is 5.71 Å². The predicted octanol–water partition coefficient (Wildman–Crippen LogP) is 0.444. The number of nitrogens with zero attached hydrogens (tertiary/aromatic N) is 1. The molecule has 0 aromatic carbocycles. The van der Waals surface area contributed by atoms with Crippen LogP contribution in [0.4, 0.5) is 0 Å². The van der Waals surface area contributed by atoms with Crippen LogP contribution in [0.1, 0.15) is 13.8 Å². The third kappa shape index (κ3) is 1.93. The molecule has 0 aliphatic rings. The van der Waals surface area contributed by atoms with Gasteiger partial charge in [-0.25, -0.2) is 0 Å². The number of hydrogen-bond donors (Lipinski definition) is 2. The van der Waals surface area contributed by atoms with E-state index in [2.05, 4.69) is 10.5 Å². The zero-order chi connectivity index (χ0) is 6.57. The quantitative estimate of drug-likeness (QED) is 0.312. The lowest BCUT2D eigenvalue weighted by Gasteiger charge is -2.05. The Hall–Kier alpha value is -0.570. The van der Waals surface area contributed by atoms with Gasteiger partial charge in [-0.05, 0) is 20.9 Å². The van der Waals surface area contributed by atoms with Gasteiger partial charge in [0.2, 0.25) is 0 Å². The van der Waals surface area contributed by atoms with Gasteiger partial charge < -0.3 is 10.5 Å². The van der Waals surface area contributed by atoms with Crippen LogP contribution in [-0.4, -0.2) is 24.0 Å². The maximum Gasteiger partial charge on any atom is 0.0706 e. The summed E-state index contributed by atoms with van der Waals surface area (Å²) in [5.41, 5.74) is 0.701. The predicted molar refractivity (Wildman–Crippen MR) is 33.4 cm³/mol. The number of rotatable bonds is 2. The van der Waals surface area contributed by atoms with E-state index in [9.17, 15) is 0 Å². The van der Waals surface area contributed by atoms with Crippen LogP contribution >= 0.6 is 0 Å². The summed E-state index contributed by atoms with van der Waals surface area (Å²) < 4.78 is 0. The Morgan fingerprint density at radius 1 is 1.75 bits per heavy atom. The fourth-order valence-electron chi connectivity index (χ4n) is 0.295. The molecule has 0 fully saturated rings. The molecule has 0 aromatic heterocycles. The second-order valence-electron chi connectivity index (χ2n) is 1.75. The highest BCUT2D eigenvalue weighted by Crippen LogP contribution is 1.82. The first-order chi connectivity index (χ1) is 3.72. The van der Waals surface area contributed by atoms with Crippen molar-refractivity contribution in [1.82, 2.24) is 5.32 Å². The molecule has 3 nitrogen and oxygen atoms in total. The fourth-order valence-corrected chi connectivity index (χ4v) is 0.295. The van der Waals surface area contributed by atoms with Gasteiger partial charge in [-0.1, -0.05) is 5.16 Å². The van der Waals surface area contributed by atoms with Crippen molar-refractivity contribution in [3.8, 4) is 0 Å². The average Bonchev–Trinajstić information content (AvgIpc) is 1.84. The molecular formula is C5H12N2O. The third-order valence-corrected chi connectivity index (χ3v) is 1.22. The van der Waals surface area contributed by atoms with Crippen molar-refractivity contribution in [2.75, 3.05) is 7.05 Å². The standard InChI is InChI=1S/C5H12N2O/c1-4(6-3)5(2)7-8/h4,6,8H,1-3H3/b7-5-. The van der Waals surface area contributed by atoms with E-state index in [4.69, 9.17) is 5.21 Å². The Bertz CT molecular complexity index is 90.4. The molecule has 0 aromatic rings. The van der Waals surface area contributed by atoms with Crippen LogP contribution in [0, 0.1) is 0 Å². The molecule has 0 spiro atoms. The molecular weight excluding hydrogens is 104 g/mol. The van der Waals surface area contributed by atoms with Crippen LogP contribution < -0.4 is 5.32 Å². The normalized spacial score (nSPS) is 16.1. The van der Waals surface area contributed by atoms with Crippen molar-refractivity contribution in [3.63, 3.8) is 0 Å². The van der Waals surface area contributed by atoms with Crippen LogP contribution in [0.15, 0.2) is 5.16 Å². The van der Waals surface area contributed by atoms with Gasteiger partial charge in [0.05, 0.1) is 5.71 Å². The molecule has 0 radical (unpaired) electrons. The summed E-state index contributed by atoms with van der Waals surface area (Å²) in [7, 11) is 1.82. The van der Waals surface area contributed by atoms with Crippen molar-refractivity contribution < 1.29 is 5.21 Å². The summed E-state index contributed by atoms with van der Waals surface area (Å²) >= 11 is 0. The van der Waals surface area contributed by atoms with E-state index < -0.39 is 0 Å². The maximum absolute atomic E-state index is 8.18. The number of nitrogens with one attached hydrogen (secondary N) is 1. The first-order valence-electron chi connectivity index (χ1n) is 2.58. The fraction of sp³-hybridized carbons (Fsp3) is 0.800. The van der Waals surface area contributed by atoms with Crippen LogP contribution in [-0.2, 0) is 0 Å². The molecule has 0 aliphatic heterocycles. The first-order valence-corrected chi connectivity index (χ1v) is 2.58. The van der Waals surface area contributed by atoms with E-state index in [1.165, 1.54) is 0 Å². The minimum atomic E-state index is 0.167. The first kappa shape index (κ1) is 7.43. The molecule has 0 rings (SSSR count). The van der Waals surface area contributed by atoms with Crippen molar-refractivity contribution in [1.29, 1.82) is 0 Å². The molecule has 1 atom stereocenters. The molecule has 0 heterocycles. The van der Waals surface area contributed by atoms with Gasteiger partial charge in [0.15, 0.2) is 0 Å². The molecule has 2 N–H and O–H groups in total. The van der Waals surface area contributed by atoms with Crippen LogP contribution in [0.25, 0.3) is 0 Å². The Kier molecular flexibility index (Phi) is 3.19. The van der Waals surface area contributed by atoms with E-state index in [0.717, 1.165) is 0 Å². The lowest BCUT2D eigenvalue weighted by atomic mass is 10.2. The Morgan fingerprint density at radius 3 is 2.38 bits per heavy atom. The lowest BCUT2D eigenvalue weighted by molar-refractivity contribution is 0.316. The average molecular weight is 116 g/mol. The van der Waals surface area contributed by atoms with Crippen molar-refractivity contribution >= 4 is 5.71 Å². The van der Waals surface area contributed by atoms with Crippen LogP contribution in [0.5, 0.6) is 0 Å². The van der Waals surface area contributed by atoms with Gasteiger partial charge >= 0.3 is 0 Å². The molecule has 0 amide bonds. The van der Waals surface area contributed by atoms with Crippen molar-refractivity contribution in [2.24, 2.45) is 5.16 Å². The molecule has 0 aliphatic carbocycles. The van der Waals surface area contributed by atoms with Gasteiger partial charge in [-0.15, -0.1) is 0 Å². The lowest BCUT2D eigenvalue weighted by Crippen LogP contribution is -2.28. The number of hydrogen-bond acceptors (Lipinski definition) is 3. The van der Waals surface area contributed by atoms with Crippen LogP contribution in [0.3, 0.4) is 0 Å². The molecule has 48 valence electrons. The second-order valence-corrected chi connectivity index (χ2v) is 1.75. The highest BCUT2D eigenvalue weighted by atomic mass is 16.4. The smallest absolute Gasteiger partial charge is 0.0706 e. The highest BCUT2D eigenvalue weighted by Gasteiger charge is 1.99. The largest absolute Gasteiger partial charge is 0.411 e. The summed E-state index contributed by atoms with van der Waals surface area (Å²) in [4.78, 5) is 0. The minimum Gasteiger partial charge on any atom is -0.411 e. The highest BCUT2D eigenvalue weighted by molar-refractivity contribution is 5.86. The molecule has 3 heteroatoms. The molecule has 0 saturated heterocycles. The summed E-state index contributed by atoms with van der Waals surface area (Å²) in [5, 5.41) is 14.1. The monoisotopic (exact) mass is 116 g/mol. The summed E-state index contributed by atoms with van der Waals surface area (Å²) in [6.45, 7) is 3.69. The van der Waals surface area contributed by atoms with E-state index >= 15 is 0 Å². The van der Waals surface area contributed by atoms with Crippen molar-refractivity contribution in [3.05, 3.63) is 0 Å². The topological polar surface area (TPSA) is 44.6 Å². The van der Waals surface area contributed by atoms with Gasteiger partial charge in [0, 0.05) is 6.04 Å². The number of oxime groups is 1. The molecule has 0 bridgehead atoms. The maximum atomic E-state index is 8.18.